The molecular formula is C20H16N4O2. The van der Waals surface area contributed by atoms with Gasteiger partial charge in [-0.3, -0.25) is 9.20 Å². The van der Waals surface area contributed by atoms with Crippen LogP contribution >= 0.6 is 0 Å². The molecule has 0 radical (unpaired) electrons. The Balaban J connectivity index is 1.42. The first-order valence-corrected chi connectivity index (χ1v) is 8.15. The average molecular weight is 344 g/mol. The number of aromatic hydroxyl groups is 1. The number of fused-ring (bicyclic) bond motifs is 1. The fourth-order valence-electron chi connectivity index (χ4n) is 2.72. The molecule has 0 aliphatic heterocycles. The van der Waals surface area contributed by atoms with Crippen LogP contribution in [0.25, 0.3) is 16.8 Å². The summed E-state index contributed by atoms with van der Waals surface area (Å²) in [7, 11) is 0. The zero-order chi connectivity index (χ0) is 17.9. The minimum Gasteiger partial charge on any atom is -0.508 e. The standard InChI is InChI=1S/C20H16N4O2/c25-18-8-5-16(6-9-18)15-3-1-14(2-4-15)11-21-20(26)17-7-10-19-23-22-13-24(19)12-17/h1-10,12-13,25H,11H2,(H,21,26). The quantitative estimate of drug-likeness (QED) is 0.596. The Kier molecular flexibility index (Phi) is 4.07. The molecule has 0 aliphatic carbocycles. The minimum absolute atomic E-state index is 0.150. The second kappa shape index (κ2) is 6.68. The molecule has 4 aromatic rings. The van der Waals surface area contributed by atoms with Crippen molar-refractivity contribution in [2.75, 3.05) is 0 Å². The molecular weight excluding hydrogens is 328 g/mol. The highest BCUT2D eigenvalue weighted by Crippen LogP contribution is 2.22. The average Bonchev–Trinajstić information content (AvgIpc) is 3.15. The van der Waals surface area contributed by atoms with Gasteiger partial charge in [0.05, 0.1) is 5.56 Å². The number of carbonyl (C=O) groups excluding carboxylic acids is 1. The van der Waals surface area contributed by atoms with E-state index in [0.717, 1.165) is 16.7 Å². The summed E-state index contributed by atoms with van der Waals surface area (Å²) in [5.41, 5.74) is 4.34. The summed E-state index contributed by atoms with van der Waals surface area (Å²) in [5.74, 6) is 0.0981. The van der Waals surface area contributed by atoms with Crippen LogP contribution in [0.4, 0.5) is 0 Å². The molecule has 6 nitrogen and oxygen atoms in total. The van der Waals surface area contributed by atoms with Crippen LogP contribution in [-0.4, -0.2) is 25.6 Å². The third-order valence-corrected chi connectivity index (χ3v) is 4.16. The molecule has 1 amide bonds. The molecule has 128 valence electrons. The molecule has 0 atom stereocenters. The van der Waals surface area contributed by atoms with Crippen LogP contribution in [0, 0.1) is 0 Å². The number of phenols is 1. The van der Waals surface area contributed by atoms with E-state index in [4.69, 9.17) is 0 Å². The summed E-state index contributed by atoms with van der Waals surface area (Å²) in [6, 6.07) is 18.5. The van der Waals surface area contributed by atoms with Gasteiger partial charge in [-0.25, -0.2) is 0 Å². The first-order chi connectivity index (χ1) is 12.7. The van der Waals surface area contributed by atoms with Crippen molar-refractivity contribution in [3.63, 3.8) is 0 Å². The van der Waals surface area contributed by atoms with Gasteiger partial charge in [0, 0.05) is 12.7 Å². The van der Waals surface area contributed by atoms with Gasteiger partial charge >= 0.3 is 0 Å². The zero-order valence-electron chi connectivity index (χ0n) is 13.8. The number of hydrogen-bond donors (Lipinski definition) is 2. The largest absolute Gasteiger partial charge is 0.508 e. The SMILES string of the molecule is O=C(NCc1ccc(-c2ccc(O)cc2)cc1)c1ccc2nncn2c1. The Bertz CT molecular complexity index is 1050. The predicted molar refractivity (Wildman–Crippen MR) is 97.7 cm³/mol. The number of benzene rings is 2. The van der Waals surface area contributed by atoms with Crippen LogP contribution in [0.1, 0.15) is 15.9 Å². The number of nitrogens with one attached hydrogen (secondary N) is 1. The van der Waals surface area contributed by atoms with Crippen LogP contribution < -0.4 is 5.32 Å². The van der Waals surface area contributed by atoms with E-state index in [9.17, 15) is 9.90 Å². The van der Waals surface area contributed by atoms with E-state index in [0.29, 0.717) is 17.8 Å². The van der Waals surface area contributed by atoms with Crippen LogP contribution in [0.2, 0.25) is 0 Å². The summed E-state index contributed by atoms with van der Waals surface area (Å²) in [6.45, 7) is 0.439. The summed E-state index contributed by atoms with van der Waals surface area (Å²) >= 11 is 0. The second-order valence-electron chi connectivity index (χ2n) is 5.94. The van der Waals surface area contributed by atoms with E-state index in [1.54, 1.807) is 41.2 Å². The van der Waals surface area contributed by atoms with E-state index in [2.05, 4.69) is 15.5 Å². The number of carbonyl (C=O) groups is 1. The lowest BCUT2D eigenvalue weighted by atomic mass is 10.0. The number of amides is 1. The Morgan fingerprint density at radius 1 is 0.962 bits per heavy atom. The maximum atomic E-state index is 12.3. The highest BCUT2D eigenvalue weighted by atomic mass is 16.3. The van der Waals surface area contributed by atoms with E-state index in [1.807, 2.05) is 36.4 Å². The van der Waals surface area contributed by atoms with Crippen molar-refractivity contribution >= 4 is 11.6 Å². The monoisotopic (exact) mass is 344 g/mol. The summed E-state index contributed by atoms with van der Waals surface area (Å²) < 4.78 is 1.71. The van der Waals surface area contributed by atoms with Crippen molar-refractivity contribution in [2.45, 2.75) is 6.54 Å². The van der Waals surface area contributed by atoms with E-state index >= 15 is 0 Å². The van der Waals surface area contributed by atoms with Crippen molar-refractivity contribution in [1.82, 2.24) is 19.9 Å². The molecule has 0 aliphatic rings. The fourth-order valence-corrected chi connectivity index (χ4v) is 2.72. The van der Waals surface area contributed by atoms with Crippen LogP contribution in [0.5, 0.6) is 5.75 Å². The molecule has 4 rings (SSSR count). The van der Waals surface area contributed by atoms with Crippen molar-refractivity contribution in [2.24, 2.45) is 0 Å². The normalized spacial score (nSPS) is 10.8. The fraction of sp³-hybridized carbons (Fsp3) is 0.0500. The van der Waals surface area contributed by atoms with Gasteiger partial charge in [0.15, 0.2) is 5.65 Å². The van der Waals surface area contributed by atoms with Gasteiger partial charge in [-0.2, -0.15) is 0 Å². The first kappa shape index (κ1) is 15.8. The Hall–Kier alpha value is -3.67. The highest BCUT2D eigenvalue weighted by molar-refractivity contribution is 5.94. The van der Waals surface area contributed by atoms with Crippen molar-refractivity contribution in [3.05, 3.63) is 84.3 Å². The Morgan fingerprint density at radius 2 is 1.65 bits per heavy atom. The molecule has 2 aromatic carbocycles. The van der Waals surface area contributed by atoms with E-state index in [-0.39, 0.29) is 11.7 Å². The maximum Gasteiger partial charge on any atom is 0.253 e. The molecule has 2 N–H and O–H groups in total. The lowest BCUT2D eigenvalue weighted by Gasteiger charge is -2.07. The second-order valence-corrected chi connectivity index (χ2v) is 5.94. The van der Waals surface area contributed by atoms with E-state index in [1.165, 1.54) is 0 Å². The smallest absolute Gasteiger partial charge is 0.253 e. The lowest BCUT2D eigenvalue weighted by Crippen LogP contribution is -2.23. The molecule has 0 bridgehead atoms. The van der Waals surface area contributed by atoms with Gasteiger partial charge in [-0.15, -0.1) is 10.2 Å². The van der Waals surface area contributed by atoms with Crippen molar-refractivity contribution < 1.29 is 9.90 Å². The number of aromatic nitrogens is 3. The molecule has 0 saturated carbocycles. The number of rotatable bonds is 4. The van der Waals surface area contributed by atoms with Crippen molar-refractivity contribution in [3.8, 4) is 16.9 Å². The molecule has 0 saturated heterocycles. The predicted octanol–water partition coefficient (Wildman–Crippen LogP) is 3.03. The summed E-state index contributed by atoms with van der Waals surface area (Å²) in [6.07, 6.45) is 3.27. The molecule has 26 heavy (non-hydrogen) atoms. The summed E-state index contributed by atoms with van der Waals surface area (Å²) in [4.78, 5) is 12.3. The van der Waals surface area contributed by atoms with Gasteiger partial charge in [0.2, 0.25) is 0 Å². The van der Waals surface area contributed by atoms with Gasteiger partial charge in [0.25, 0.3) is 5.91 Å². The maximum absolute atomic E-state index is 12.3. The van der Waals surface area contributed by atoms with Gasteiger partial charge < -0.3 is 10.4 Å². The summed E-state index contributed by atoms with van der Waals surface area (Å²) in [5, 5.41) is 20.0. The molecule has 6 heteroatoms. The third kappa shape index (κ3) is 3.25. The first-order valence-electron chi connectivity index (χ1n) is 8.15. The zero-order valence-corrected chi connectivity index (χ0v) is 13.8. The van der Waals surface area contributed by atoms with Crippen molar-refractivity contribution in [1.29, 1.82) is 0 Å². The molecule has 2 aromatic heterocycles. The van der Waals surface area contributed by atoms with Gasteiger partial charge in [-0.05, 0) is 41.0 Å². The van der Waals surface area contributed by atoms with E-state index < -0.39 is 0 Å². The van der Waals surface area contributed by atoms with Crippen LogP contribution in [-0.2, 0) is 6.54 Å². The Labute approximate surface area is 149 Å². The minimum atomic E-state index is -0.150. The number of pyridine rings is 1. The number of hydrogen-bond acceptors (Lipinski definition) is 4. The topological polar surface area (TPSA) is 79.5 Å². The Morgan fingerprint density at radius 3 is 2.38 bits per heavy atom. The van der Waals surface area contributed by atoms with Crippen LogP contribution in [0.3, 0.4) is 0 Å². The number of nitrogens with zero attached hydrogens (tertiary/aromatic N) is 3. The molecule has 2 heterocycles. The molecule has 0 spiro atoms. The number of phenolic OH excluding ortho intramolecular Hbond substituents is 1. The molecule has 0 fully saturated rings. The lowest BCUT2D eigenvalue weighted by molar-refractivity contribution is 0.0950. The third-order valence-electron chi connectivity index (χ3n) is 4.16. The van der Waals surface area contributed by atoms with Gasteiger partial charge in [0.1, 0.15) is 12.1 Å². The highest BCUT2D eigenvalue weighted by Gasteiger charge is 2.07. The molecule has 0 unspecified atom stereocenters. The van der Waals surface area contributed by atoms with Crippen LogP contribution in [0.15, 0.2) is 73.2 Å². The van der Waals surface area contributed by atoms with Gasteiger partial charge in [-0.1, -0.05) is 36.4 Å².